The van der Waals surface area contributed by atoms with Crippen LogP contribution in [0.5, 0.6) is 0 Å². The zero-order valence-corrected chi connectivity index (χ0v) is 12.9. The first-order valence-electron chi connectivity index (χ1n) is 5.75. The number of halogens is 1. The molecule has 0 fully saturated rings. The molecule has 0 bridgehead atoms. The van der Waals surface area contributed by atoms with Crippen LogP contribution in [0.2, 0.25) is 0 Å². The molecule has 98 valence electrons. The second kappa shape index (κ2) is 5.46. The van der Waals surface area contributed by atoms with E-state index in [4.69, 9.17) is 4.42 Å². The average molecular weight is 386 g/mol. The summed E-state index contributed by atoms with van der Waals surface area (Å²) in [5.41, 5.74) is 1.84. The van der Waals surface area contributed by atoms with Crippen molar-refractivity contribution in [1.82, 2.24) is 0 Å². The molecule has 0 spiro atoms. The standard InChI is InChI=1S/C13H11IN2O2S/c14-12-4-2-9(18-12)6-15-8-1-3-11-10(5-8)16-13(17)7-19-11/h1-5,15H,6-7H2,(H,16,17). The highest BCUT2D eigenvalue weighted by Gasteiger charge is 2.15. The lowest BCUT2D eigenvalue weighted by atomic mass is 10.2. The van der Waals surface area contributed by atoms with E-state index in [-0.39, 0.29) is 5.91 Å². The van der Waals surface area contributed by atoms with Crippen LogP contribution in [0.1, 0.15) is 5.76 Å². The van der Waals surface area contributed by atoms with Gasteiger partial charge in [0.1, 0.15) is 5.76 Å². The molecule has 2 aromatic rings. The minimum atomic E-state index is 0.0511. The average Bonchev–Trinajstić information content (AvgIpc) is 2.81. The van der Waals surface area contributed by atoms with Crippen molar-refractivity contribution >= 4 is 51.6 Å². The maximum atomic E-state index is 11.4. The van der Waals surface area contributed by atoms with E-state index in [9.17, 15) is 4.79 Å². The highest BCUT2D eigenvalue weighted by molar-refractivity contribution is 14.1. The van der Waals surface area contributed by atoms with E-state index in [1.807, 2.05) is 30.3 Å². The predicted molar refractivity (Wildman–Crippen MR) is 84.5 cm³/mol. The Kier molecular flexibility index (Phi) is 3.69. The molecule has 1 aromatic carbocycles. The van der Waals surface area contributed by atoms with E-state index in [1.54, 1.807) is 11.8 Å². The Morgan fingerprint density at radius 3 is 3.05 bits per heavy atom. The molecule has 1 aromatic heterocycles. The zero-order valence-electron chi connectivity index (χ0n) is 9.90. The molecule has 0 saturated carbocycles. The summed E-state index contributed by atoms with van der Waals surface area (Å²) in [5, 5.41) is 6.16. The molecule has 2 N–H and O–H groups in total. The van der Waals surface area contributed by atoms with Crippen molar-refractivity contribution in [3.05, 3.63) is 39.9 Å². The summed E-state index contributed by atoms with van der Waals surface area (Å²) >= 11 is 3.70. The normalized spacial score (nSPS) is 13.8. The number of fused-ring (bicyclic) bond motifs is 1. The lowest BCUT2D eigenvalue weighted by Crippen LogP contribution is -2.18. The summed E-state index contributed by atoms with van der Waals surface area (Å²) in [5.74, 6) is 1.43. The van der Waals surface area contributed by atoms with E-state index in [0.29, 0.717) is 12.3 Å². The first kappa shape index (κ1) is 12.9. The Hall–Kier alpha value is -1.15. The van der Waals surface area contributed by atoms with Crippen LogP contribution >= 0.6 is 34.4 Å². The lowest BCUT2D eigenvalue weighted by Gasteiger charge is -2.17. The fourth-order valence-electron chi connectivity index (χ4n) is 1.83. The maximum Gasteiger partial charge on any atom is 0.234 e. The van der Waals surface area contributed by atoms with E-state index in [0.717, 1.165) is 25.8 Å². The number of amides is 1. The molecule has 2 heterocycles. The molecule has 0 atom stereocenters. The molecule has 19 heavy (non-hydrogen) atoms. The van der Waals surface area contributed by atoms with Crippen molar-refractivity contribution < 1.29 is 9.21 Å². The minimum absolute atomic E-state index is 0.0511. The number of carbonyl (C=O) groups excluding carboxylic acids is 1. The lowest BCUT2D eigenvalue weighted by molar-refractivity contribution is -0.113. The molecule has 0 radical (unpaired) electrons. The van der Waals surface area contributed by atoms with Crippen molar-refractivity contribution in [1.29, 1.82) is 0 Å². The van der Waals surface area contributed by atoms with Crippen LogP contribution < -0.4 is 10.6 Å². The van der Waals surface area contributed by atoms with E-state index in [1.165, 1.54) is 0 Å². The van der Waals surface area contributed by atoms with Crippen molar-refractivity contribution in [2.24, 2.45) is 0 Å². The van der Waals surface area contributed by atoms with Crippen LogP contribution in [0.25, 0.3) is 0 Å². The number of anilines is 2. The Morgan fingerprint density at radius 2 is 2.26 bits per heavy atom. The summed E-state index contributed by atoms with van der Waals surface area (Å²) < 4.78 is 6.36. The largest absolute Gasteiger partial charge is 0.454 e. The van der Waals surface area contributed by atoms with Crippen LogP contribution in [0.3, 0.4) is 0 Å². The van der Waals surface area contributed by atoms with Crippen molar-refractivity contribution in [3.8, 4) is 0 Å². The van der Waals surface area contributed by atoms with Gasteiger partial charge in [-0.15, -0.1) is 11.8 Å². The van der Waals surface area contributed by atoms with Gasteiger partial charge in [0.15, 0.2) is 3.77 Å². The van der Waals surface area contributed by atoms with Crippen LogP contribution in [-0.2, 0) is 11.3 Å². The topological polar surface area (TPSA) is 54.3 Å². The number of rotatable bonds is 3. The highest BCUT2D eigenvalue weighted by atomic mass is 127. The molecule has 6 heteroatoms. The molecular weight excluding hydrogens is 375 g/mol. The summed E-state index contributed by atoms with van der Waals surface area (Å²) in [4.78, 5) is 12.5. The second-order valence-corrected chi connectivity index (χ2v) is 6.19. The number of thioether (sulfide) groups is 1. The Labute approximate surface area is 128 Å². The number of furan rings is 1. The molecular formula is C13H11IN2O2S. The van der Waals surface area contributed by atoms with Gasteiger partial charge in [0.25, 0.3) is 0 Å². The van der Waals surface area contributed by atoms with Gasteiger partial charge in [0.05, 0.1) is 18.0 Å². The first-order chi connectivity index (χ1) is 9.20. The molecule has 1 aliphatic heterocycles. The fourth-order valence-corrected chi connectivity index (χ4v) is 3.08. The Balaban J connectivity index is 1.71. The van der Waals surface area contributed by atoms with Crippen LogP contribution in [0.15, 0.2) is 39.6 Å². The highest BCUT2D eigenvalue weighted by Crippen LogP contribution is 2.33. The number of carbonyl (C=O) groups is 1. The van der Waals surface area contributed by atoms with Gasteiger partial charge < -0.3 is 15.1 Å². The third-order valence-corrected chi connectivity index (χ3v) is 4.36. The SMILES string of the molecule is O=C1CSc2ccc(NCc3ccc(I)o3)cc2N1. The molecule has 0 saturated heterocycles. The first-order valence-corrected chi connectivity index (χ1v) is 7.82. The molecule has 1 amide bonds. The third-order valence-electron chi connectivity index (χ3n) is 2.71. The minimum Gasteiger partial charge on any atom is -0.454 e. The van der Waals surface area contributed by atoms with Crippen LogP contribution in [0.4, 0.5) is 11.4 Å². The van der Waals surface area contributed by atoms with E-state index >= 15 is 0 Å². The fraction of sp³-hybridized carbons (Fsp3) is 0.154. The second-order valence-electron chi connectivity index (χ2n) is 4.11. The van der Waals surface area contributed by atoms with E-state index in [2.05, 4.69) is 33.2 Å². The van der Waals surface area contributed by atoms with Gasteiger partial charge in [-0.2, -0.15) is 0 Å². The van der Waals surface area contributed by atoms with Crippen LogP contribution in [-0.4, -0.2) is 11.7 Å². The monoisotopic (exact) mass is 386 g/mol. The smallest absolute Gasteiger partial charge is 0.234 e. The van der Waals surface area contributed by atoms with Gasteiger partial charge in [-0.3, -0.25) is 4.79 Å². The maximum absolute atomic E-state index is 11.4. The van der Waals surface area contributed by atoms with Gasteiger partial charge in [-0.1, -0.05) is 0 Å². The summed E-state index contributed by atoms with van der Waals surface area (Å²) in [6, 6.07) is 9.87. The summed E-state index contributed by atoms with van der Waals surface area (Å²) in [6.07, 6.45) is 0. The number of hydrogen-bond acceptors (Lipinski definition) is 4. The van der Waals surface area contributed by atoms with Gasteiger partial charge in [-0.05, 0) is 52.9 Å². The Bertz CT molecular complexity index is 627. The quantitative estimate of drug-likeness (QED) is 0.793. The number of benzene rings is 1. The van der Waals surface area contributed by atoms with Gasteiger partial charge in [0.2, 0.25) is 5.91 Å². The Morgan fingerprint density at radius 1 is 1.37 bits per heavy atom. The molecule has 3 rings (SSSR count). The number of hydrogen-bond donors (Lipinski definition) is 2. The number of nitrogens with one attached hydrogen (secondary N) is 2. The van der Waals surface area contributed by atoms with Crippen molar-refractivity contribution in [2.75, 3.05) is 16.4 Å². The molecule has 0 aliphatic carbocycles. The van der Waals surface area contributed by atoms with E-state index < -0.39 is 0 Å². The predicted octanol–water partition coefficient (Wildman–Crippen LogP) is 3.54. The molecule has 4 nitrogen and oxygen atoms in total. The van der Waals surface area contributed by atoms with Gasteiger partial charge in [0, 0.05) is 10.6 Å². The zero-order chi connectivity index (χ0) is 13.2. The summed E-state index contributed by atoms with van der Waals surface area (Å²) in [6.45, 7) is 0.628. The molecule has 0 unspecified atom stereocenters. The van der Waals surface area contributed by atoms with Gasteiger partial charge in [-0.25, -0.2) is 0 Å². The summed E-state index contributed by atoms with van der Waals surface area (Å²) in [7, 11) is 0. The van der Waals surface area contributed by atoms with Crippen molar-refractivity contribution in [2.45, 2.75) is 11.4 Å². The molecule has 1 aliphatic rings. The van der Waals surface area contributed by atoms with Gasteiger partial charge >= 0.3 is 0 Å². The third kappa shape index (κ3) is 3.06. The van der Waals surface area contributed by atoms with Crippen LogP contribution in [0, 0.1) is 3.77 Å². The van der Waals surface area contributed by atoms with Crippen molar-refractivity contribution in [3.63, 3.8) is 0 Å².